The molecule has 0 bridgehead atoms. The maximum Gasteiger partial charge on any atom is 0.307 e. The third-order valence-electron chi connectivity index (χ3n) is 3.16. The SMILES string of the molecule is CC1(C(Cc2ccn[nH]2)C(=O)O)CC1. The molecule has 1 aromatic heterocycles. The number of aliphatic carboxylic acids is 1. The van der Waals surface area contributed by atoms with Crippen LogP contribution in [0.25, 0.3) is 0 Å². The van der Waals surface area contributed by atoms with Gasteiger partial charge in [0.2, 0.25) is 0 Å². The number of hydrogen-bond acceptors (Lipinski definition) is 2. The molecule has 0 amide bonds. The lowest BCUT2D eigenvalue weighted by Gasteiger charge is -2.17. The highest BCUT2D eigenvalue weighted by molar-refractivity contribution is 5.72. The molecule has 0 aromatic carbocycles. The fourth-order valence-corrected chi connectivity index (χ4v) is 1.80. The molecule has 1 fully saturated rings. The molecule has 1 aliphatic carbocycles. The summed E-state index contributed by atoms with van der Waals surface area (Å²) in [5, 5.41) is 15.7. The molecule has 1 aromatic rings. The largest absolute Gasteiger partial charge is 0.481 e. The summed E-state index contributed by atoms with van der Waals surface area (Å²) in [5.41, 5.74) is 0.919. The number of nitrogens with zero attached hydrogens (tertiary/aromatic N) is 1. The van der Waals surface area contributed by atoms with Crippen LogP contribution >= 0.6 is 0 Å². The van der Waals surface area contributed by atoms with Crippen LogP contribution in [-0.2, 0) is 11.2 Å². The number of carboxylic acid groups (broad SMARTS) is 1. The number of carbonyl (C=O) groups is 1. The molecule has 1 aliphatic rings. The van der Waals surface area contributed by atoms with E-state index in [1.165, 1.54) is 0 Å². The Hall–Kier alpha value is -1.32. The molecule has 4 nitrogen and oxygen atoms in total. The highest BCUT2D eigenvalue weighted by Gasteiger charge is 2.48. The fourth-order valence-electron chi connectivity index (χ4n) is 1.80. The monoisotopic (exact) mass is 194 g/mol. The van der Waals surface area contributed by atoms with Crippen molar-refractivity contribution in [2.75, 3.05) is 0 Å². The van der Waals surface area contributed by atoms with E-state index in [0.717, 1.165) is 18.5 Å². The molecule has 0 spiro atoms. The predicted molar refractivity (Wildman–Crippen MR) is 50.8 cm³/mol. The lowest BCUT2D eigenvalue weighted by molar-refractivity contribution is -0.144. The zero-order chi connectivity index (χ0) is 10.2. The van der Waals surface area contributed by atoms with E-state index in [2.05, 4.69) is 10.2 Å². The standard InChI is InChI=1S/C10H14N2O2/c1-10(3-4-10)8(9(13)14)6-7-2-5-11-12-7/h2,5,8H,3-4,6H2,1H3,(H,11,12)(H,13,14). The van der Waals surface area contributed by atoms with E-state index in [0.29, 0.717) is 6.42 Å². The van der Waals surface area contributed by atoms with Gasteiger partial charge < -0.3 is 5.11 Å². The quantitative estimate of drug-likeness (QED) is 0.762. The zero-order valence-electron chi connectivity index (χ0n) is 8.16. The molecule has 4 heteroatoms. The first-order chi connectivity index (χ1) is 6.62. The van der Waals surface area contributed by atoms with Crippen LogP contribution in [0.4, 0.5) is 0 Å². The Morgan fingerprint density at radius 1 is 1.79 bits per heavy atom. The normalized spacial score (nSPS) is 20.4. The Morgan fingerprint density at radius 2 is 2.50 bits per heavy atom. The van der Waals surface area contributed by atoms with Crippen molar-refractivity contribution >= 4 is 5.97 Å². The number of rotatable bonds is 4. The van der Waals surface area contributed by atoms with Crippen molar-refractivity contribution in [1.29, 1.82) is 0 Å². The maximum atomic E-state index is 11.1. The van der Waals surface area contributed by atoms with Crippen molar-refractivity contribution in [3.63, 3.8) is 0 Å². The van der Waals surface area contributed by atoms with Crippen molar-refractivity contribution in [2.24, 2.45) is 11.3 Å². The highest BCUT2D eigenvalue weighted by Crippen LogP contribution is 2.52. The summed E-state index contributed by atoms with van der Waals surface area (Å²) in [5.74, 6) is -0.970. The van der Waals surface area contributed by atoms with Gasteiger partial charge in [0.15, 0.2) is 0 Å². The Balaban J connectivity index is 2.09. The van der Waals surface area contributed by atoms with Gasteiger partial charge in [0, 0.05) is 18.3 Å². The summed E-state index contributed by atoms with van der Waals surface area (Å²) in [7, 11) is 0. The van der Waals surface area contributed by atoms with Crippen LogP contribution in [0, 0.1) is 11.3 Å². The average Bonchev–Trinajstić information content (AvgIpc) is 2.68. The first-order valence-electron chi connectivity index (χ1n) is 4.83. The summed E-state index contributed by atoms with van der Waals surface area (Å²) in [6.07, 6.45) is 4.27. The van der Waals surface area contributed by atoms with E-state index in [1.807, 2.05) is 13.0 Å². The van der Waals surface area contributed by atoms with Crippen molar-refractivity contribution < 1.29 is 9.90 Å². The summed E-state index contributed by atoms with van der Waals surface area (Å²) < 4.78 is 0. The number of nitrogens with one attached hydrogen (secondary N) is 1. The minimum absolute atomic E-state index is 0.0109. The molecule has 14 heavy (non-hydrogen) atoms. The zero-order valence-corrected chi connectivity index (χ0v) is 8.16. The first-order valence-corrected chi connectivity index (χ1v) is 4.83. The molecule has 2 rings (SSSR count). The maximum absolute atomic E-state index is 11.1. The topological polar surface area (TPSA) is 66.0 Å². The van der Waals surface area contributed by atoms with Crippen LogP contribution in [0.15, 0.2) is 12.3 Å². The second-order valence-corrected chi connectivity index (χ2v) is 4.33. The van der Waals surface area contributed by atoms with E-state index in [9.17, 15) is 4.79 Å². The number of aromatic nitrogens is 2. The second-order valence-electron chi connectivity index (χ2n) is 4.33. The number of H-pyrrole nitrogens is 1. The minimum Gasteiger partial charge on any atom is -0.481 e. The fraction of sp³-hybridized carbons (Fsp3) is 0.600. The summed E-state index contributed by atoms with van der Waals surface area (Å²) in [6, 6.07) is 1.84. The Kier molecular flexibility index (Phi) is 2.06. The molecule has 0 radical (unpaired) electrons. The third kappa shape index (κ3) is 1.64. The van der Waals surface area contributed by atoms with Gasteiger partial charge in [-0.3, -0.25) is 9.89 Å². The molecule has 0 saturated heterocycles. The van der Waals surface area contributed by atoms with Crippen LogP contribution in [0.1, 0.15) is 25.5 Å². The molecular formula is C10H14N2O2. The van der Waals surface area contributed by atoms with Crippen molar-refractivity contribution in [3.8, 4) is 0 Å². The van der Waals surface area contributed by atoms with Gasteiger partial charge >= 0.3 is 5.97 Å². The van der Waals surface area contributed by atoms with E-state index in [1.54, 1.807) is 6.20 Å². The van der Waals surface area contributed by atoms with E-state index < -0.39 is 5.97 Å². The minimum atomic E-state index is -0.695. The molecular weight excluding hydrogens is 180 g/mol. The van der Waals surface area contributed by atoms with Gasteiger partial charge in [0.1, 0.15) is 0 Å². The van der Waals surface area contributed by atoms with Gasteiger partial charge in [-0.1, -0.05) is 6.92 Å². The molecule has 1 saturated carbocycles. The van der Waals surface area contributed by atoms with Gasteiger partial charge in [-0.25, -0.2) is 0 Å². The Morgan fingerprint density at radius 3 is 2.93 bits per heavy atom. The van der Waals surface area contributed by atoms with Crippen molar-refractivity contribution in [3.05, 3.63) is 18.0 Å². The van der Waals surface area contributed by atoms with Gasteiger partial charge in [0.25, 0.3) is 0 Å². The molecule has 0 aliphatic heterocycles. The van der Waals surface area contributed by atoms with Gasteiger partial charge in [-0.2, -0.15) is 5.10 Å². The van der Waals surface area contributed by atoms with Gasteiger partial charge in [-0.15, -0.1) is 0 Å². The molecule has 1 heterocycles. The average molecular weight is 194 g/mol. The molecule has 1 unspecified atom stereocenters. The Bertz CT molecular complexity index is 328. The van der Waals surface area contributed by atoms with Gasteiger partial charge in [0.05, 0.1) is 5.92 Å². The van der Waals surface area contributed by atoms with Gasteiger partial charge in [-0.05, 0) is 24.3 Å². The van der Waals surface area contributed by atoms with Crippen LogP contribution in [-0.4, -0.2) is 21.3 Å². The summed E-state index contributed by atoms with van der Waals surface area (Å²) >= 11 is 0. The van der Waals surface area contributed by atoms with Crippen LogP contribution < -0.4 is 0 Å². The third-order valence-corrected chi connectivity index (χ3v) is 3.16. The number of carboxylic acids is 1. The smallest absolute Gasteiger partial charge is 0.307 e. The molecule has 76 valence electrons. The first kappa shape index (κ1) is 9.24. The van der Waals surface area contributed by atoms with Crippen LogP contribution in [0.2, 0.25) is 0 Å². The molecule has 1 atom stereocenters. The van der Waals surface area contributed by atoms with Crippen molar-refractivity contribution in [1.82, 2.24) is 10.2 Å². The van der Waals surface area contributed by atoms with Crippen LogP contribution in [0.5, 0.6) is 0 Å². The van der Waals surface area contributed by atoms with Crippen molar-refractivity contribution in [2.45, 2.75) is 26.2 Å². The van der Waals surface area contributed by atoms with E-state index in [-0.39, 0.29) is 11.3 Å². The summed E-state index contributed by atoms with van der Waals surface area (Å²) in [4.78, 5) is 11.1. The Labute approximate surface area is 82.3 Å². The van der Waals surface area contributed by atoms with E-state index in [4.69, 9.17) is 5.11 Å². The predicted octanol–water partition coefficient (Wildman–Crippen LogP) is 1.45. The molecule has 2 N–H and O–H groups in total. The second kappa shape index (κ2) is 3.12. The highest BCUT2D eigenvalue weighted by atomic mass is 16.4. The van der Waals surface area contributed by atoms with Crippen LogP contribution in [0.3, 0.4) is 0 Å². The number of hydrogen-bond donors (Lipinski definition) is 2. The van der Waals surface area contributed by atoms with E-state index >= 15 is 0 Å². The number of aromatic amines is 1. The lowest BCUT2D eigenvalue weighted by Crippen LogP contribution is -2.25. The lowest BCUT2D eigenvalue weighted by atomic mass is 9.87. The summed E-state index contributed by atoms with van der Waals surface area (Å²) in [6.45, 7) is 2.04.